The Balaban J connectivity index is 3.23. The first-order valence-corrected chi connectivity index (χ1v) is 13.6. The first-order valence-electron chi connectivity index (χ1n) is 10.1. The molecule has 0 radical (unpaired) electrons. The fourth-order valence-corrected chi connectivity index (χ4v) is 5.75. The van der Waals surface area contributed by atoms with Crippen LogP contribution in [0.4, 0.5) is 0 Å². The minimum Gasteiger partial charge on any atom is -0.248 e. The number of rotatable bonds is 18. The fraction of sp³-hybridized carbons (Fsp3) is 1.00. The largest absolute Gasteiger partial charge is 0.270 e. The Morgan fingerprint density at radius 3 is 1.42 bits per heavy atom. The van der Waals surface area contributed by atoms with Gasteiger partial charge >= 0.3 is 0 Å². The highest BCUT2D eigenvalue weighted by Gasteiger charge is 2.13. The third kappa shape index (κ3) is 17.2. The highest BCUT2D eigenvalue weighted by molar-refractivity contribution is 7.90. The Hall–Kier alpha value is 0.340. The Morgan fingerprint density at radius 2 is 1.04 bits per heavy atom. The lowest BCUT2D eigenvalue weighted by molar-refractivity contribution is 0.509. The molecule has 0 fully saturated rings. The third-order valence-corrected chi connectivity index (χ3v) is 8.00. The summed E-state index contributed by atoms with van der Waals surface area (Å²) in [7, 11) is -4.06. The summed E-state index contributed by atoms with van der Waals surface area (Å²) in [6.07, 6.45) is 19.8. The average Bonchev–Trinajstić information content (AvgIpc) is 2.54. The second kappa shape index (κ2) is 16.8. The molecule has 3 nitrogen and oxygen atoms in total. The molecule has 0 saturated carbocycles. The van der Waals surface area contributed by atoms with Gasteiger partial charge in [-0.25, -0.2) is 3.97 Å². The molecule has 0 aromatic heterocycles. The van der Waals surface area contributed by atoms with E-state index in [1.165, 1.54) is 83.5 Å². The van der Waals surface area contributed by atoms with Crippen LogP contribution in [-0.2, 0) is 14.1 Å². The molecule has 0 aromatic rings. The van der Waals surface area contributed by atoms with Crippen molar-refractivity contribution in [3.8, 4) is 0 Å². The maximum absolute atomic E-state index is 11.4. The zero-order valence-electron chi connectivity index (χ0n) is 16.4. The lowest BCUT2D eigenvalue weighted by atomic mass is 10.0. The maximum Gasteiger partial charge on any atom is 0.270 e. The highest BCUT2D eigenvalue weighted by atomic mass is 32.2. The predicted molar refractivity (Wildman–Crippen MR) is 109 cm³/mol. The van der Waals surface area contributed by atoms with Gasteiger partial charge in [-0.3, -0.25) is 0 Å². The van der Waals surface area contributed by atoms with E-state index in [1.54, 1.807) is 6.92 Å². The molecule has 0 aromatic carbocycles. The highest BCUT2D eigenvalue weighted by Crippen LogP contribution is 2.35. The second-order valence-corrected chi connectivity index (χ2v) is 10.9. The summed E-state index contributed by atoms with van der Waals surface area (Å²) < 4.78 is 27.8. The number of hydrogen-bond acceptors (Lipinski definition) is 3. The quantitative estimate of drug-likeness (QED) is 0.193. The molecule has 0 saturated heterocycles. The molecule has 0 bridgehead atoms. The zero-order valence-corrected chi connectivity index (χ0v) is 18.1. The van der Waals surface area contributed by atoms with Crippen LogP contribution in [0.2, 0.25) is 0 Å². The minimum atomic E-state index is -3.26. The Labute approximate surface area is 153 Å². The van der Waals surface area contributed by atoms with Gasteiger partial charge in [0.05, 0.1) is 5.75 Å². The minimum absolute atomic E-state index is 0.0818. The van der Waals surface area contributed by atoms with E-state index in [-0.39, 0.29) is 5.75 Å². The Bertz CT molecular complexity index is 358. The van der Waals surface area contributed by atoms with Gasteiger partial charge in [0.25, 0.3) is 10.1 Å². The van der Waals surface area contributed by atoms with Crippen molar-refractivity contribution in [3.63, 3.8) is 0 Å². The zero-order chi connectivity index (χ0) is 18.1. The first-order chi connectivity index (χ1) is 11.5. The summed E-state index contributed by atoms with van der Waals surface area (Å²) in [4.78, 5) is 0. The van der Waals surface area contributed by atoms with Crippen LogP contribution >= 0.6 is 8.15 Å². The van der Waals surface area contributed by atoms with Gasteiger partial charge in [0, 0.05) is 8.15 Å². The van der Waals surface area contributed by atoms with E-state index in [4.69, 9.17) is 3.97 Å². The van der Waals surface area contributed by atoms with Crippen LogP contribution in [-0.4, -0.2) is 27.0 Å². The van der Waals surface area contributed by atoms with Gasteiger partial charge in [-0.15, -0.1) is 0 Å². The van der Waals surface area contributed by atoms with E-state index in [1.807, 2.05) is 6.66 Å². The third-order valence-electron chi connectivity index (χ3n) is 4.42. The van der Waals surface area contributed by atoms with E-state index in [2.05, 4.69) is 6.92 Å². The summed E-state index contributed by atoms with van der Waals surface area (Å²) in [5, 5.41) is 0. The molecule has 1 atom stereocenters. The van der Waals surface area contributed by atoms with Crippen LogP contribution in [0.5, 0.6) is 0 Å². The molecule has 5 heteroatoms. The van der Waals surface area contributed by atoms with Crippen molar-refractivity contribution in [3.05, 3.63) is 0 Å². The van der Waals surface area contributed by atoms with Crippen molar-refractivity contribution in [2.45, 2.75) is 104 Å². The van der Waals surface area contributed by atoms with Crippen LogP contribution in [0, 0.1) is 0 Å². The van der Waals surface area contributed by atoms with Gasteiger partial charge in [0.2, 0.25) is 0 Å². The van der Waals surface area contributed by atoms with Gasteiger partial charge in [-0.2, -0.15) is 8.42 Å². The van der Waals surface area contributed by atoms with Gasteiger partial charge in [0.1, 0.15) is 0 Å². The molecule has 0 aliphatic rings. The van der Waals surface area contributed by atoms with Crippen molar-refractivity contribution < 1.29 is 12.4 Å². The van der Waals surface area contributed by atoms with E-state index >= 15 is 0 Å². The molecule has 1 unspecified atom stereocenters. The van der Waals surface area contributed by atoms with Gasteiger partial charge in [-0.1, -0.05) is 90.4 Å². The van der Waals surface area contributed by atoms with Gasteiger partial charge in [-0.05, 0) is 26.2 Å². The standard InChI is InChI=1S/C19H41O3PS/c1-4-6-7-8-9-10-11-12-13-14-15-16-17-18-19-23(3)22-24(20,21)5-2/h4-19H2,1-3H3. The van der Waals surface area contributed by atoms with Crippen molar-refractivity contribution >= 4 is 18.3 Å². The van der Waals surface area contributed by atoms with Crippen LogP contribution < -0.4 is 0 Å². The summed E-state index contributed by atoms with van der Waals surface area (Å²) in [6.45, 7) is 5.82. The molecule has 0 aliphatic carbocycles. The monoisotopic (exact) mass is 380 g/mol. The normalized spacial score (nSPS) is 13.3. The van der Waals surface area contributed by atoms with Gasteiger partial charge < -0.3 is 0 Å². The molecule has 24 heavy (non-hydrogen) atoms. The van der Waals surface area contributed by atoms with E-state index in [9.17, 15) is 8.42 Å². The van der Waals surface area contributed by atoms with Crippen molar-refractivity contribution in [1.29, 1.82) is 0 Å². The molecule has 0 rings (SSSR count). The van der Waals surface area contributed by atoms with Gasteiger partial charge in [0.15, 0.2) is 0 Å². The van der Waals surface area contributed by atoms with Crippen molar-refractivity contribution in [1.82, 2.24) is 0 Å². The molecule has 0 heterocycles. The first kappa shape index (κ1) is 24.3. The average molecular weight is 381 g/mol. The summed E-state index contributed by atoms with van der Waals surface area (Å²) in [5.41, 5.74) is 0. The molecule has 146 valence electrons. The molecule has 0 aliphatic heterocycles. The SMILES string of the molecule is CCCCCCCCCCCCCCCCP(C)OS(=O)(=O)CC. The number of hydrogen-bond donors (Lipinski definition) is 0. The fourth-order valence-electron chi connectivity index (χ4n) is 2.81. The van der Waals surface area contributed by atoms with Crippen molar-refractivity contribution in [2.24, 2.45) is 0 Å². The summed E-state index contributed by atoms with van der Waals surface area (Å²) in [5.74, 6) is 0.0818. The number of unbranched alkanes of at least 4 members (excludes halogenated alkanes) is 13. The predicted octanol–water partition coefficient (Wildman–Crippen LogP) is 6.86. The second-order valence-electron chi connectivity index (χ2n) is 6.87. The van der Waals surface area contributed by atoms with Crippen LogP contribution in [0.3, 0.4) is 0 Å². The Kier molecular flexibility index (Phi) is 17.0. The molecular formula is C19H41O3PS. The van der Waals surface area contributed by atoms with E-state index in [0.29, 0.717) is 0 Å². The maximum atomic E-state index is 11.4. The van der Waals surface area contributed by atoms with Crippen molar-refractivity contribution in [2.75, 3.05) is 18.6 Å². The summed E-state index contributed by atoms with van der Waals surface area (Å²) >= 11 is 0. The van der Waals surface area contributed by atoms with Crippen LogP contribution in [0.25, 0.3) is 0 Å². The molecule has 0 spiro atoms. The van der Waals surface area contributed by atoms with Crippen LogP contribution in [0.15, 0.2) is 0 Å². The summed E-state index contributed by atoms with van der Waals surface area (Å²) in [6, 6.07) is 0. The lowest BCUT2D eigenvalue weighted by Gasteiger charge is -2.11. The molecule has 0 amide bonds. The van der Waals surface area contributed by atoms with Crippen LogP contribution in [0.1, 0.15) is 104 Å². The lowest BCUT2D eigenvalue weighted by Crippen LogP contribution is -2.05. The molecular weight excluding hydrogens is 339 g/mol. The molecule has 0 N–H and O–H groups in total. The smallest absolute Gasteiger partial charge is 0.248 e. The topological polar surface area (TPSA) is 43.4 Å². The van der Waals surface area contributed by atoms with E-state index < -0.39 is 18.3 Å². The Morgan fingerprint density at radius 1 is 0.667 bits per heavy atom. The van der Waals surface area contributed by atoms with E-state index in [0.717, 1.165) is 12.6 Å².